The predicted molar refractivity (Wildman–Crippen MR) is 112 cm³/mol. The summed E-state index contributed by atoms with van der Waals surface area (Å²) >= 11 is 0. The standard InChI is InChI=1S/C22H23F3N2O4S/c1-31-19-8-4-5-9-20(19)32(29,30)16-12-14-10-11-15(13-16)27(14)21(28)26-18-7-3-2-6-17(18)22(23,24)25/h2-9,14-16H,10-13H2,1H3,(H,26,28). The van der Waals surface area contributed by atoms with Crippen LogP contribution < -0.4 is 10.1 Å². The van der Waals surface area contributed by atoms with Crippen LogP contribution in [-0.2, 0) is 16.0 Å². The average Bonchev–Trinajstić information content (AvgIpc) is 3.02. The van der Waals surface area contributed by atoms with Crippen molar-refractivity contribution in [3.8, 4) is 5.75 Å². The predicted octanol–water partition coefficient (Wildman–Crippen LogP) is 4.72. The van der Waals surface area contributed by atoms with Crippen molar-refractivity contribution in [2.24, 2.45) is 0 Å². The van der Waals surface area contributed by atoms with Gasteiger partial charge in [0.2, 0.25) is 0 Å². The van der Waals surface area contributed by atoms with E-state index in [1.54, 1.807) is 18.2 Å². The molecule has 2 saturated heterocycles. The summed E-state index contributed by atoms with van der Waals surface area (Å²) in [6.07, 6.45) is -2.93. The Labute approximate surface area is 184 Å². The Bertz CT molecular complexity index is 1110. The van der Waals surface area contributed by atoms with Crippen molar-refractivity contribution >= 4 is 21.6 Å². The number of fused-ring (bicyclic) bond motifs is 2. The van der Waals surface area contributed by atoms with E-state index in [2.05, 4.69) is 5.32 Å². The van der Waals surface area contributed by atoms with Crippen LogP contribution in [-0.4, -0.2) is 43.8 Å². The summed E-state index contributed by atoms with van der Waals surface area (Å²) in [6, 6.07) is 9.85. The van der Waals surface area contributed by atoms with Crippen molar-refractivity contribution in [1.29, 1.82) is 0 Å². The van der Waals surface area contributed by atoms with E-state index in [0.29, 0.717) is 12.8 Å². The third-order valence-corrected chi connectivity index (χ3v) is 8.43. The number of piperidine rings is 1. The molecule has 2 aliphatic rings. The Balaban J connectivity index is 1.54. The molecule has 1 N–H and O–H groups in total. The Morgan fingerprint density at radius 1 is 1.03 bits per heavy atom. The number of carbonyl (C=O) groups is 1. The molecule has 2 unspecified atom stereocenters. The second-order valence-corrected chi connectivity index (χ2v) is 10.3. The molecule has 0 radical (unpaired) electrons. The van der Waals surface area contributed by atoms with E-state index in [1.165, 1.54) is 36.3 Å². The maximum absolute atomic E-state index is 13.3. The summed E-state index contributed by atoms with van der Waals surface area (Å²) in [5.74, 6) is 0.267. The molecule has 4 rings (SSSR count). The highest BCUT2D eigenvalue weighted by molar-refractivity contribution is 7.92. The monoisotopic (exact) mass is 468 g/mol. The molecule has 0 aliphatic carbocycles. The topological polar surface area (TPSA) is 75.7 Å². The molecular weight excluding hydrogens is 445 g/mol. The quantitative estimate of drug-likeness (QED) is 0.705. The highest BCUT2D eigenvalue weighted by Gasteiger charge is 2.48. The number of alkyl halides is 3. The Morgan fingerprint density at radius 3 is 2.25 bits per heavy atom. The van der Waals surface area contributed by atoms with E-state index in [-0.39, 0.29) is 41.3 Å². The minimum Gasteiger partial charge on any atom is -0.495 e. The maximum atomic E-state index is 13.3. The fraction of sp³-hybridized carbons (Fsp3) is 0.409. The van der Waals surface area contributed by atoms with Gasteiger partial charge in [0.25, 0.3) is 0 Å². The molecule has 2 aromatic rings. The van der Waals surface area contributed by atoms with E-state index < -0.39 is 32.9 Å². The van der Waals surface area contributed by atoms with Crippen molar-refractivity contribution in [2.45, 2.75) is 54.1 Å². The van der Waals surface area contributed by atoms with Crippen LogP contribution in [0.25, 0.3) is 0 Å². The summed E-state index contributed by atoms with van der Waals surface area (Å²) in [5, 5.41) is 1.70. The Morgan fingerprint density at radius 2 is 1.62 bits per heavy atom. The minimum absolute atomic E-state index is 0.115. The molecule has 0 saturated carbocycles. The van der Waals surface area contributed by atoms with E-state index in [1.807, 2.05) is 0 Å². The lowest BCUT2D eigenvalue weighted by molar-refractivity contribution is -0.136. The zero-order chi connectivity index (χ0) is 23.1. The Hall–Kier alpha value is -2.75. The van der Waals surface area contributed by atoms with Gasteiger partial charge >= 0.3 is 12.2 Å². The van der Waals surface area contributed by atoms with Crippen molar-refractivity contribution in [1.82, 2.24) is 4.90 Å². The maximum Gasteiger partial charge on any atom is 0.418 e. The first-order chi connectivity index (χ1) is 15.1. The summed E-state index contributed by atoms with van der Waals surface area (Å²) in [4.78, 5) is 14.5. The summed E-state index contributed by atoms with van der Waals surface area (Å²) in [5.41, 5.74) is -1.23. The number of sulfone groups is 1. The molecule has 2 amide bonds. The largest absolute Gasteiger partial charge is 0.495 e. The van der Waals surface area contributed by atoms with Crippen LogP contribution in [0.15, 0.2) is 53.4 Å². The van der Waals surface area contributed by atoms with Gasteiger partial charge in [0.1, 0.15) is 10.6 Å². The minimum atomic E-state index is -4.60. The lowest BCUT2D eigenvalue weighted by atomic mass is 10.0. The highest BCUT2D eigenvalue weighted by Crippen LogP contribution is 2.42. The van der Waals surface area contributed by atoms with Crippen molar-refractivity contribution in [3.05, 3.63) is 54.1 Å². The first kappa shape index (κ1) is 22.4. The molecule has 2 bridgehead atoms. The molecule has 2 atom stereocenters. The van der Waals surface area contributed by atoms with Gasteiger partial charge in [-0.3, -0.25) is 0 Å². The second-order valence-electron chi connectivity index (χ2n) is 8.06. The number of ether oxygens (including phenoxy) is 1. The van der Waals surface area contributed by atoms with E-state index in [9.17, 15) is 26.4 Å². The van der Waals surface area contributed by atoms with Crippen LogP contribution >= 0.6 is 0 Å². The van der Waals surface area contributed by atoms with Gasteiger partial charge in [0, 0.05) is 12.1 Å². The molecule has 2 heterocycles. The fourth-order valence-electron chi connectivity index (χ4n) is 4.76. The Kier molecular flexibility index (Phi) is 5.83. The number of urea groups is 1. The highest BCUT2D eigenvalue weighted by atomic mass is 32.2. The molecule has 0 aromatic heterocycles. The van der Waals surface area contributed by atoms with Gasteiger partial charge < -0.3 is 15.0 Å². The van der Waals surface area contributed by atoms with Crippen LogP contribution in [0.2, 0.25) is 0 Å². The number of rotatable bonds is 4. The SMILES string of the molecule is COc1ccccc1S(=O)(=O)C1CC2CCC(C1)N2C(=O)Nc1ccccc1C(F)(F)F. The molecular formula is C22H23F3N2O4S. The van der Waals surface area contributed by atoms with Gasteiger partial charge in [-0.15, -0.1) is 0 Å². The summed E-state index contributed by atoms with van der Waals surface area (Å²) < 4.78 is 71.6. The van der Waals surface area contributed by atoms with Crippen LogP contribution in [0.1, 0.15) is 31.2 Å². The van der Waals surface area contributed by atoms with Gasteiger partial charge in [-0.2, -0.15) is 13.2 Å². The van der Waals surface area contributed by atoms with E-state index in [0.717, 1.165) is 6.07 Å². The number of methoxy groups -OCH3 is 1. The van der Waals surface area contributed by atoms with E-state index in [4.69, 9.17) is 4.74 Å². The van der Waals surface area contributed by atoms with Crippen LogP contribution in [0.3, 0.4) is 0 Å². The molecule has 6 nitrogen and oxygen atoms in total. The zero-order valence-corrected chi connectivity index (χ0v) is 18.1. The smallest absolute Gasteiger partial charge is 0.418 e. The number of hydrogen-bond acceptors (Lipinski definition) is 4. The van der Waals surface area contributed by atoms with Crippen LogP contribution in [0.4, 0.5) is 23.7 Å². The van der Waals surface area contributed by atoms with Crippen molar-refractivity contribution in [2.75, 3.05) is 12.4 Å². The third kappa shape index (κ3) is 4.03. The van der Waals surface area contributed by atoms with Gasteiger partial charge in [0.05, 0.1) is 23.6 Å². The fourth-order valence-corrected chi connectivity index (χ4v) is 6.77. The van der Waals surface area contributed by atoms with Crippen molar-refractivity contribution in [3.63, 3.8) is 0 Å². The normalized spacial score (nSPS) is 23.1. The molecule has 2 aliphatic heterocycles. The number of anilines is 1. The third-order valence-electron chi connectivity index (χ3n) is 6.21. The molecule has 32 heavy (non-hydrogen) atoms. The second kappa shape index (κ2) is 8.31. The van der Waals surface area contributed by atoms with E-state index >= 15 is 0 Å². The van der Waals surface area contributed by atoms with Crippen LogP contribution in [0, 0.1) is 0 Å². The first-order valence-electron chi connectivity index (χ1n) is 10.3. The summed E-state index contributed by atoms with van der Waals surface area (Å²) in [6.45, 7) is 0. The molecule has 172 valence electrons. The summed E-state index contributed by atoms with van der Waals surface area (Å²) in [7, 11) is -2.29. The van der Waals surface area contributed by atoms with Gasteiger partial charge in [-0.1, -0.05) is 24.3 Å². The lowest BCUT2D eigenvalue weighted by Crippen LogP contribution is -2.51. The van der Waals surface area contributed by atoms with Gasteiger partial charge in [0.15, 0.2) is 9.84 Å². The van der Waals surface area contributed by atoms with Crippen LogP contribution in [0.5, 0.6) is 5.75 Å². The lowest BCUT2D eigenvalue weighted by Gasteiger charge is -2.38. The number of nitrogens with one attached hydrogen (secondary N) is 1. The number of hydrogen-bond donors (Lipinski definition) is 1. The van der Waals surface area contributed by atoms with Crippen molar-refractivity contribution < 1.29 is 31.1 Å². The average molecular weight is 468 g/mol. The number of nitrogens with zero attached hydrogens (tertiary/aromatic N) is 1. The van der Waals surface area contributed by atoms with Gasteiger partial charge in [-0.05, 0) is 49.9 Å². The number of benzene rings is 2. The number of carbonyl (C=O) groups excluding carboxylic acids is 1. The molecule has 0 spiro atoms. The molecule has 2 fully saturated rings. The molecule has 10 heteroatoms. The number of amides is 2. The first-order valence-corrected chi connectivity index (χ1v) is 11.8. The number of halogens is 3. The number of para-hydroxylation sites is 2. The molecule has 2 aromatic carbocycles. The zero-order valence-electron chi connectivity index (χ0n) is 17.3. The van der Waals surface area contributed by atoms with Gasteiger partial charge in [-0.25, -0.2) is 13.2 Å².